The van der Waals surface area contributed by atoms with E-state index < -0.39 is 0 Å². The zero-order chi connectivity index (χ0) is 7.70. The van der Waals surface area contributed by atoms with Crippen LogP contribution in [0.15, 0.2) is 0 Å². The summed E-state index contributed by atoms with van der Waals surface area (Å²) in [7, 11) is 3.21. The molecule has 0 aromatic heterocycles. The van der Waals surface area contributed by atoms with Crippen molar-refractivity contribution in [2.45, 2.75) is 20.1 Å². The molecule has 0 aliphatic heterocycles. The first-order valence-electron chi connectivity index (χ1n) is 2.89. The molecule has 0 rings (SSSR count). The fourth-order valence-corrected chi connectivity index (χ4v) is 0.0962. The van der Waals surface area contributed by atoms with Crippen molar-refractivity contribution in [3.05, 3.63) is 0 Å². The van der Waals surface area contributed by atoms with Crippen molar-refractivity contribution < 1.29 is 20.1 Å². The van der Waals surface area contributed by atoms with Crippen molar-refractivity contribution in [3.63, 3.8) is 0 Å². The first-order valence-corrected chi connectivity index (χ1v) is 2.89. The molecular formula is C6H18O4. The lowest BCUT2D eigenvalue weighted by Gasteiger charge is -2.03. The zero-order valence-corrected chi connectivity index (χ0v) is 7.05. The highest BCUT2D eigenvalue weighted by Gasteiger charge is 1.87. The Morgan fingerprint density at radius 1 is 1.30 bits per heavy atom. The third kappa shape index (κ3) is 24.9. The van der Waals surface area contributed by atoms with E-state index in [1.807, 2.05) is 6.92 Å². The molecule has 0 saturated carbocycles. The Labute approximate surface area is 62.1 Å². The van der Waals surface area contributed by atoms with Gasteiger partial charge in [-0.3, -0.25) is 0 Å². The number of hydrogen-bond acceptors (Lipinski definition) is 3. The summed E-state index contributed by atoms with van der Waals surface area (Å²) in [6.45, 7) is 3.76. The lowest BCUT2D eigenvalue weighted by molar-refractivity contribution is -0.0877. The average Bonchev–Trinajstić information content (AvgIpc) is 1.88. The Balaban J connectivity index is -0.000000107. The predicted molar refractivity (Wildman–Crippen MR) is 39.9 cm³/mol. The SMILES string of the molecule is CCO.COC(C)OC.O. The second-order valence-corrected chi connectivity index (χ2v) is 1.36. The maximum absolute atomic E-state index is 7.57. The largest absolute Gasteiger partial charge is 0.412 e. The first kappa shape index (κ1) is 16.4. The number of aliphatic hydroxyl groups is 1. The number of ether oxygens (including phenoxy) is 2. The molecule has 4 heteroatoms. The highest BCUT2D eigenvalue weighted by Crippen LogP contribution is 1.82. The van der Waals surface area contributed by atoms with Crippen LogP contribution in [0.1, 0.15) is 13.8 Å². The van der Waals surface area contributed by atoms with Gasteiger partial charge in [0.25, 0.3) is 0 Å². The van der Waals surface area contributed by atoms with E-state index in [2.05, 4.69) is 9.47 Å². The highest BCUT2D eigenvalue weighted by molar-refractivity contribution is 4.17. The Morgan fingerprint density at radius 2 is 1.50 bits per heavy atom. The molecule has 0 bridgehead atoms. The van der Waals surface area contributed by atoms with E-state index in [-0.39, 0.29) is 18.4 Å². The molecule has 0 spiro atoms. The van der Waals surface area contributed by atoms with Gasteiger partial charge in [0.2, 0.25) is 0 Å². The molecule has 0 fully saturated rings. The summed E-state index contributed by atoms with van der Waals surface area (Å²) < 4.78 is 9.35. The lowest BCUT2D eigenvalue weighted by Crippen LogP contribution is -2.05. The molecule has 0 amide bonds. The Kier molecular flexibility index (Phi) is 26.2. The summed E-state index contributed by atoms with van der Waals surface area (Å²) in [5, 5.41) is 7.57. The molecule has 0 aromatic rings. The fourth-order valence-electron chi connectivity index (χ4n) is 0.0962. The molecule has 0 atom stereocenters. The monoisotopic (exact) mass is 154 g/mol. The Bertz CT molecular complexity index is 36.7. The second-order valence-electron chi connectivity index (χ2n) is 1.36. The third-order valence-electron chi connectivity index (χ3n) is 0.664. The predicted octanol–water partition coefficient (Wildman–Crippen LogP) is -0.201. The van der Waals surface area contributed by atoms with E-state index in [0.717, 1.165) is 0 Å². The highest BCUT2D eigenvalue weighted by atomic mass is 16.7. The molecule has 4 nitrogen and oxygen atoms in total. The van der Waals surface area contributed by atoms with E-state index in [1.54, 1.807) is 21.1 Å². The summed E-state index contributed by atoms with van der Waals surface area (Å²) in [6, 6.07) is 0. The quantitative estimate of drug-likeness (QED) is 0.560. The van der Waals surface area contributed by atoms with Crippen molar-refractivity contribution in [1.82, 2.24) is 0 Å². The molecule has 0 aromatic carbocycles. The number of aliphatic hydroxyl groups excluding tert-OH is 1. The molecule has 0 unspecified atom stereocenters. The van der Waals surface area contributed by atoms with Gasteiger partial charge in [0, 0.05) is 20.8 Å². The topological polar surface area (TPSA) is 70.2 Å². The number of hydrogen-bond donors (Lipinski definition) is 1. The summed E-state index contributed by atoms with van der Waals surface area (Å²) >= 11 is 0. The molecule has 3 N–H and O–H groups in total. The van der Waals surface area contributed by atoms with E-state index in [9.17, 15) is 0 Å². The van der Waals surface area contributed by atoms with Crippen molar-refractivity contribution in [3.8, 4) is 0 Å². The fraction of sp³-hybridized carbons (Fsp3) is 1.00. The Morgan fingerprint density at radius 3 is 1.50 bits per heavy atom. The third-order valence-corrected chi connectivity index (χ3v) is 0.664. The van der Waals surface area contributed by atoms with Gasteiger partial charge >= 0.3 is 0 Å². The van der Waals surface area contributed by atoms with Crippen LogP contribution in [0.3, 0.4) is 0 Å². The minimum Gasteiger partial charge on any atom is -0.412 e. The second kappa shape index (κ2) is 15.9. The summed E-state index contributed by atoms with van der Waals surface area (Å²) in [5.74, 6) is 0. The van der Waals surface area contributed by atoms with Gasteiger partial charge < -0.3 is 20.1 Å². The van der Waals surface area contributed by atoms with Gasteiger partial charge in [-0.05, 0) is 13.8 Å². The van der Waals surface area contributed by atoms with Crippen molar-refractivity contribution in [2.75, 3.05) is 20.8 Å². The molecule has 0 aliphatic rings. The Hall–Kier alpha value is -0.160. The van der Waals surface area contributed by atoms with Gasteiger partial charge in [0.1, 0.15) is 0 Å². The van der Waals surface area contributed by atoms with Crippen LogP contribution in [0.2, 0.25) is 0 Å². The van der Waals surface area contributed by atoms with E-state index in [4.69, 9.17) is 5.11 Å². The lowest BCUT2D eigenvalue weighted by atomic mass is 10.8. The van der Waals surface area contributed by atoms with E-state index >= 15 is 0 Å². The number of methoxy groups -OCH3 is 2. The maximum atomic E-state index is 7.57. The van der Waals surface area contributed by atoms with Crippen LogP contribution in [0.5, 0.6) is 0 Å². The van der Waals surface area contributed by atoms with Crippen LogP contribution < -0.4 is 0 Å². The van der Waals surface area contributed by atoms with Crippen LogP contribution in [0, 0.1) is 0 Å². The maximum Gasteiger partial charge on any atom is 0.154 e. The molecular weight excluding hydrogens is 136 g/mol. The smallest absolute Gasteiger partial charge is 0.154 e. The van der Waals surface area contributed by atoms with Gasteiger partial charge in [-0.15, -0.1) is 0 Å². The van der Waals surface area contributed by atoms with Crippen molar-refractivity contribution in [1.29, 1.82) is 0 Å². The summed E-state index contributed by atoms with van der Waals surface area (Å²) in [6.07, 6.45) is -0.0648. The summed E-state index contributed by atoms with van der Waals surface area (Å²) in [5.41, 5.74) is 0. The molecule has 0 heterocycles. The molecule has 0 aliphatic carbocycles. The molecule has 66 valence electrons. The summed E-state index contributed by atoms with van der Waals surface area (Å²) in [4.78, 5) is 0. The van der Waals surface area contributed by atoms with Gasteiger partial charge in [-0.25, -0.2) is 0 Å². The molecule has 0 radical (unpaired) electrons. The van der Waals surface area contributed by atoms with Gasteiger partial charge in [0.05, 0.1) is 0 Å². The molecule has 0 saturated heterocycles. The number of rotatable bonds is 2. The van der Waals surface area contributed by atoms with Crippen LogP contribution in [-0.4, -0.2) is 37.7 Å². The zero-order valence-electron chi connectivity index (χ0n) is 7.05. The standard InChI is InChI=1S/C4H10O2.C2H6O.H2O/c1-4(5-2)6-3;1-2-3;/h4H,1-3H3;3H,2H2,1H3;1H2. The van der Waals surface area contributed by atoms with Crippen LogP contribution in [-0.2, 0) is 9.47 Å². The van der Waals surface area contributed by atoms with Gasteiger partial charge in [0.15, 0.2) is 6.29 Å². The van der Waals surface area contributed by atoms with Crippen LogP contribution >= 0.6 is 0 Å². The van der Waals surface area contributed by atoms with Crippen molar-refractivity contribution >= 4 is 0 Å². The minimum absolute atomic E-state index is 0. The normalized spacial score (nSPS) is 7.80. The van der Waals surface area contributed by atoms with E-state index in [1.165, 1.54) is 0 Å². The van der Waals surface area contributed by atoms with Crippen LogP contribution in [0.4, 0.5) is 0 Å². The van der Waals surface area contributed by atoms with E-state index in [0.29, 0.717) is 0 Å². The van der Waals surface area contributed by atoms with Crippen molar-refractivity contribution in [2.24, 2.45) is 0 Å². The van der Waals surface area contributed by atoms with Gasteiger partial charge in [-0.2, -0.15) is 0 Å². The average molecular weight is 154 g/mol. The van der Waals surface area contributed by atoms with Gasteiger partial charge in [-0.1, -0.05) is 0 Å². The molecule has 10 heavy (non-hydrogen) atoms. The first-order chi connectivity index (χ1) is 4.22. The van der Waals surface area contributed by atoms with Crippen LogP contribution in [0.25, 0.3) is 0 Å². The minimum atomic E-state index is -0.0648.